The highest BCUT2D eigenvalue weighted by Gasteiger charge is 2.33. The first-order valence-electron chi connectivity index (χ1n) is 11.9. The zero-order valence-electron chi connectivity index (χ0n) is 19.6. The van der Waals surface area contributed by atoms with Gasteiger partial charge in [0.25, 0.3) is 15.9 Å². The van der Waals surface area contributed by atoms with E-state index in [1.54, 1.807) is 24.3 Å². The number of ether oxygens (including phenoxy) is 1. The highest BCUT2D eigenvalue weighted by molar-refractivity contribution is 7.92. The molecule has 2 aliphatic heterocycles. The molecule has 1 unspecified atom stereocenters. The Morgan fingerprint density at radius 3 is 2.49 bits per heavy atom. The quantitative estimate of drug-likeness (QED) is 0.545. The number of hydrogen-bond donors (Lipinski definition) is 2. The van der Waals surface area contributed by atoms with Gasteiger partial charge in [-0.1, -0.05) is 24.8 Å². The van der Waals surface area contributed by atoms with E-state index in [9.17, 15) is 18.0 Å². The monoisotopic (exact) mass is 497 g/mol. The van der Waals surface area contributed by atoms with Crippen LogP contribution >= 0.6 is 0 Å². The molecule has 35 heavy (non-hydrogen) atoms. The Kier molecular flexibility index (Phi) is 7.87. The summed E-state index contributed by atoms with van der Waals surface area (Å²) in [5.41, 5.74) is 1.68. The minimum atomic E-state index is -3.85. The van der Waals surface area contributed by atoms with Crippen molar-refractivity contribution in [3.8, 4) is 0 Å². The number of carbonyl (C=O) groups is 2. The van der Waals surface area contributed by atoms with Gasteiger partial charge in [0, 0.05) is 31.9 Å². The zero-order chi connectivity index (χ0) is 24.8. The number of nitrogens with one attached hydrogen (secondary N) is 2. The van der Waals surface area contributed by atoms with E-state index in [0.717, 1.165) is 38.0 Å². The number of amides is 2. The third-order valence-corrected chi connectivity index (χ3v) is 8.41. The van der Waals surface area contributed by atoms with Crippen LogP contribution in [0.3, 0.4) is 0 Å². The van der Waals surface area contributed by atoms with Crippen LogP contribution in [0.15, 0.2) is 66.1 Å². The Hall–Kier alpha value is -3.17. The molecule has 9 heteroatoms. The van der Waals surface area contributed by atoms with Crippen molar-refractivity contribution in [2.75, 3.05) is 30.6 Å². The van der Waals surface area contributed by atoms with E-state index >= 15 is 0 Å². The van der Waals surface area contributed by atoms with E-state index < -0.39 is 10.0 Å². The highest BCUT2D eigenvalue weighted by Crippen LogP contribution is 2.37. The number of rotatable bonds is 8. The summed E-state index contributed by atoms with van der Waals surface area (Å²) >= 11 is 0. The Balaban J connectivity index is 1.44. The van der Waals surface area contributed by atoms with Crippen molar-refractivity contribution < 1.29 is 22.7 Å². The molecule has 4 rings (SSSR count). The molecule has 2 heterocycles. The topological polar surface area (TPSA) is 105 Å². The number of hydrogen-bond acceptors (Lipinski definition) is 5. The molecule has 1 atom stereocenters. The number of sulfonamides is 1. The minimum absolute atomic E-state index is 0.111. The molecule has 0 saturated carbocycles. The second-order valence-corrected chi connectivity index (χ2v) is 10.7. The van der Waals surface area contributed by atoms with E-state index in [0.29, 0.717) is 30.1 Å². The number of nitrogens with zero attached hydrogens (tertiary/aromatic N) is 1. The van der Waals surface area contributed by atoms with Crippen LogP contribution in [-0.4, -0.2) is 46.5 Å². The van der Waals surface area contributed by atoms with Gasteiger partial charge in [-0.2, -0.15) is 0 Å². The number of carbonyl (C=O) groups excluding carboxylic acids is 2. The molecule has 1 saturated heterocycles. The van der Waals surface area contributed by atoms with Gasteiger partial charge < -0.3 is 15.4 Å². The molecule has 2 N–H and O–H groups in total. The van der Waals surface area contributed by atoms with Crippen molar-refractivity contribution >= 4 is 27.5 Å². The summed E-state index contributed by atoms with van der Waals surface area (Å²) in [4.78, 5) is 24.5. The predicted molar refractivity (Wildman–Crippen MR) is 134 cm³/mol. The van der Waals surface area contributed by atoms with Gasteiger partial charge in [0.05, 0.1) is 16.6 Å². The van der Waals surface area contributed by atoms with Crippen LogP contribution in [0.4, 0.5) is 5.69 Å². The van der Waals surface area contributed by atoms with E-state index in [4.69, 9.17) is 4.74 Å². The Morgan fingerprint density at radius 1 is 1.06 bits per heavy atom. The molecule has 0 aromatic heterocycles. The fourth-order valence-corrected chi connectivity index (χ4v) is 6.10. The zero-order valence-corrected chi connectivity index (χ0v) is 20.4. The average Bonchev–Trinajstić information content (AvgIpc) is 2.89. The maximum atomic E-state index is 13.5. The molecule has 2 aliphatic rings. The first-order valence-corrected chi connectivity index (χ1v) is 13.3. The molecule has 186 valence electrons. The molecular weight excluding hydrogens is 466 g/mol. The molecule has 0 aliphatic carbocycles. The molecule has 0 spiro atoms. The third-order valence-electron chi connectivity index (χ3n) is 6.59. The van der Waals surface area contributed by atoms with Gasteiger partial charge in [-0.3, -0.25) is 13.9 Å². The van der Waals surface area contributed by atoms with E-state index in [1.165, 1.54) is 22.5 Å². The summed E-state index contributed by atoms with van der Waals surface area (Å²) in [6.45, 7) is 5.84. The van der Waals surface area contributed by atoms with Crippen LogP contribution in [0.5, 0.6) is 0 Å². The van der Waals surface area contributed by atoms with Gasteiger partial charge in [0.2, 0.25) is 5.91 Å². The molecule has 8 nitrogen and oxygen atoms in total. The van der Waals surface area contributed by atoms with E-state index in [-0.39, 0.29) is 29.3 Å². The van der Waals surface area contributed by atoms with Crippen LogP contribution in [-0.2, 0) is 19.6 Å². The molecule has 1 fully saturated rings. The second kappa shape index (κ2) is 11.0. The first kappa shape index (κ1) is 24.9. The van der Waals surface area contributed by atoms with Crippen LogP contribution in [0, 0.1) is 5.92 Å². The maximum Gasteiger partial charge on any atom is 0.264 e. The van der Waals surface area contributed by atoms with Crippen molar-refractivity contribution in [2.24, 2.45) is 5.92 Å². The molecule has 2 aromatic rings. The van der Waals surface area contributed by atoms with Gasteiger partial charge in [0.1, 0.15) is 0 Å². The second-order valence-electron chi connectivity index (χ2n) is 8.81. The van der Waals surface area contributed by atoms with Gasteiger partial charge in [-0.05, 0) is 73.6 Å². The lowest BCUT2D eigenvalue weighted by Gasteiger charge is -2.35. The van der Waals surface area contributed by atoms with E-state index in [1.807, 2.05) is 12.1 Å². The number of para-hydroxylation sites is 1. The minimum Gasteiger partial charge on any atom is -0.381 e. The molecule has 0 bridgehead atoms. The summed E-state index contributed by atoms with van der Waals surface area (Å²) in [7, 11) is -3.85. The largest absolute Gasteiger partial charge is 0.381 e. The summed E-state index contributed by atoms with van der Waals surface area (Å²) in [6.07, 6.45) is 4.58. The Morgan fingerprint density at radius 2 is 1.77 bits per heavy atom. The van der Waals surface area contributed by atoms with Gasteiger partial charge in [-0.25, -0.2) is 8.42 Å². The van der Waals surface area contributed by atoms with Crippen molar-refractivity contribution in [2.45, 2.75) is 36.6 Å². The van der Waals surface area contributed by atoms with Crippen molar-refractivity contribution in [3.63, 3.8) is 0 Å². The van der Waals surface area contributed by atoms with Gasteiger partial charge in [-0.15, -0.1) is 0 Å². The maximum absolute atomic E-state index is 13.5. The summed E-state index contributed by atoms with van der Waals surface area (Å²) in [5, 5.41) is 5.79. The average molecular weight is 498 g/mol. The number of anilines is 1. The number of fused-ring (bicyclic) bond motifs is 1. The number of benzene rings is 2. The third kappa shape index (κ3) is 5.74. The molecule has 0 radical (unpaired) electrons. The molecule has 2 aromatic carbocycles. The molecule has 2 amide bonds. The summed E-state index contributed by atoms with van der Waals surface area (Å²) in [6, 6.07) is 12.9. The standard InChI is InChI=1S/C26H31N3O5S/c1-2-25(30)28-23-12-16-29(24-6-4-3-5-22(23)24)35(32,33)21-9-7-20(8-10-21)26(31)27-15-11-19-13-17-34-18-14-19/h2-10,19,23H,1,11-18H2,(H,27,31)(H,28,30). The highest BCUT2D eigenvalue weighted by atomic mass is 32.2. The Bertz CT molecular complexity index is 1170. The Labute approximate surface area is 206 Å². The first-order chi connectivity index (χ1) is 16.9. The lowest BCUT2D eigenvalue weighted by molar-refractivity contribution is -0.117. The van der Waals surface area contributed by atoms with Crippen molar-refractivity contribution in [1.82, 2.24) is 10.6 Å². The lowest BCUT2D eigenvalue weighted by Crippen LogP contribution is -2.40. The van der Waals surface area contributed by atoms with Gasteiger partial charge in [0.15, 0.2) is 0 Å². The van der Waals surface area contributed by atoms with Crippen molar-refractivity contribution in [1.29, 1.82) is 0 Å². The normalized spacial score (nSPS) is 18.4. The smallest absolute Gasteiger partial charge is 0.264 e. The lowest BCUT2D eigenvalue weighted by atomic mass is 9.97. The van der Waals surface area contributed by atoms with Crippen molar-refractivity contribution in [3.05, 3.63) is 72.3 Å². The van der Waals surface area contributed by atoms with Crippen LogP contribution < -0.4 is 14.9 Å². The summed E-state index contributed by atoms with van der Waals surface area (Å²) < 4.78 is 33.7. The van der Waals surface area contributed by atoms with Gasteiger partial charge >= 0.3 is 0 Å². The van der Waals surface area contributed by atoms with Crippen LogP contribution in [0.2, 0.25) is 0 Å². The predicted octanol–water partition coefficient (Wildman–Crippen LogP) is 3.18. The van der Waals surface area contributed by atoms with Crippen LogP contribution in [0.1, 0.15) is 47.6 Å². The molecular formula is C26H31N3O5S. The summed E-state index contributed by atoms with van der Waals surface area (Å²) in [5.74, 6) is 0.0431. The fourth-order valence-electron chi connectivity index (χ4n) is 4.59. The van der Waals surface area contributed by atoms with E-state index in [2.05, 4.69) is 17.2 Å². The fraction of sp³-hybridized carbons (Fsp3) is 0.385. The van der Waals surface area contributed by atoms with Crippen LogP contribution in [0.25, 0.3) is 0 Å². The SMILES string of the molecule is C=CC(=O)NC1CCN(S(=O)(=O)c2ccc(C(=O)NCCC3CCOCC3)cc2)c2ccccc21.